The Bertz CT molecular complexity index is 885. The lowest BCUT2D eigenvalue weighted by molar-refractivity contribution is -0.147. The van der Waals surface area contributed by atoms with Gasteiger partial charge in [0.15, 0.2) is 0 Å². The van der Waals surface area contributed by atoms with Crippen molar-refractivity contribution in [1.29, 1.82) is 0 Å². The molecule has 1 spiro atoms. The summed E-state index contributed by atoms with van der Waals surface area (Å²) in [6.07, 6.45) is 3.96. The van der Waals surface area contributed by atoms with E-state index in [-0.39, 0.29) is 23.7 Å². The number of amides is 2. The van der Waals surface area contributed by atoms with Crippen LogP contribution in [-0.2, 0) is 9.59 Å². The van der Waals surface area contributed by atoms with E-state index in [4.69, 9.17) is 5.10 Å². The van der Waals surface area contributed by atoms with E-state index >= 15 is 0 Å². The third-order valence-electron chi connectivity index (χ3n) is 6.87. The molecule has 0 bridgehead atoms. The maximum Gasteiger partial charge on any atom is 0.235 e. The minimum absolute atomic E-state index is 0.00893. The van der Waals surface area contributed by atoms with E-state index in [2.05, 4.69) is 36.2 Å². The molecule has 5 rings (SSSR count). The molecular weight excluding hydrogens is 352 g/mol. The highest BCUT2D eigenvalue weighted by Gasteiger charge is 2.71. The molecule has 0 aromatic heterocycles. The van der Waals surface area contributed by atoms with Gasteiger partial charge in [-0.05, 0) is 59.1 Å². The van der Waals surface area contributed by atoms with Crippen LogP contribution < -0.4 is 5.12 Å². The second-order valence-corrected chi connectivity index (χ2v) is 9.65. The maximum atomic E-state index is 13.5. The summed E-state index contributed by atoms with van der Waals surface area (Å²) in [5.74, 6) is -0.609. The Labute approximate surface area is 166 Å². The van der Waals surface area contributed by atoms with Crippen molar-refractivity contribution in [2.24, 2.45) is 16.9 Å². The van der Waals surface area contributed by atoms with Gasteiger partial charge in [-0.15, -0.1) is 0 Å². The Kier molecular flexibility index (Phi) is 3.61. The number of hydrogen-bond acceptors (Lipinski definition) is 5. The second kappa shape index (κ2) is 5.66. The van der Waals surface area contributed by atoms with Crippen LogP contribution in [0.3, 0.4) is 0 Å². The summed E-state index contributed by atoms with van der Waals surface area (Å²) in [5.41, 5.74) is 2.37. The molecule has 3 aliphatic heterocycles. The van der Waals surface area contributed by atoms with Crippen LogP contribution in [0.1, 0.15) is 52.0 Å². The first-order chi connectivity index (χ1) is 13.2. The highest BCUT2D eigenvalue weighted by Crippen LogP contribution is 2.55. The monoisotopic (exact) mass is 380 g/mol. The smallest absolute Gasteiger partial charge is 0.235 e. The molecule has 2 saturated heterocycles. The van der Waals surface area contributed by atoms with Crippen LogP contribution in [0, 0.1) is 18.8 Å². The summed E-state index contributed by atoms with van der Waals surface area (Å²) in [4.78, 5) is 28.3. The number of benzene rings is 1. The molecule has 0 N–H and O–H groups in total. The lowest BCUT2D eigenvalue weighted by Gasteiger charge is -2.42. The average molecular weight is 380 g/mol. The van der Waals surface area contributed by atoms with Crippen molar-refractivity contribution in [3.63, 3.8) is 0 Å². The maximum absolute atomic E-state index is 13.5. The van der Waals surface area contributed by atoms with Gasteiger partial charge < -0.3 is 0 Å². The Balaban J connectivity index is 1.60. The number of nitrogens with zero attached hydrogens (tertiary/aromatic N) is 4. The average Bonchev–Trinajstić information content (AvgIpc) is 3.20. The molecule has 3 heterocycles. The van der Waals surface area contributed by atoms with Crippen LogP contribution >= 0.6 is 0 Å². The molecule has 148 valence electrons. The third-order valence-corrected chi connectivity index (χ3v) is 6.87. The zero-order chi connectivity index (χ0) is 19.8. The number of fused-ring (bicyclic) bond motifs is 1. The van der Waals surface area contributed by atoms with Gasteiger partial charge in [-0.3, -0.25) is 14.5 Å². The van der Waals surface area contributed by atoms with Crippen LogP contribution in [0.5, 0.6) is 0 Å². The molecule has 1 saturated carbocycles. The van der Waals surface area contributed by atoms with Gasteiger partial charge in [0.1, 0.15) is 0 Å². The third kappa shape index (κ3) is 2.15. The van der Waals surface area contributed by atoms with E-state index in [1.165, 1.54) is 10.5 Å². The molecule has 4 aliphatic rings. The summed E-state index contributed by atoms with van der Waals surface area (Å²) in [5, 5.41) is 9.19. The summed E-state index contributed by atoms with van der Waals surface area (Å²) >= 11 is 0. The summed E-state index contributed by atoms with van der Waals surface area (Å²) in [6, 6.07) is 8.31. The van der Waals surface area contributed by atoms with Gasteiger partial charge in [0.2, 0.25) is 11.8 Å². The summed E-state index contributed by atoms with van der Waals surface area (Å²) in [7, 11) is 0. The number of carbonyl (C=O) groups excluding carboxylic acids is 2. The fourth-order valence-corrected chi connectivity index (χ4v) is 5.71. The van der Waals surface area contributed by atoms with Gasteiger partial charge in [-0.1, -0.05) is 24.1 Å². The first-order valence-corrected chi connectivity index (χ1v) is 10.4. The molecule has 3 fully saturated rings. The van der Waals surface area contributed by atoms with E-state index < -0.39 is 11.1 Å². The van der Waals surface area contributed by atoms with Crippen molar-refractivity contribution >= 4 is 23.2 Å². The Morgan fingerprint density at radius 2 is 1.79 bits per heavy atom. The fraction of sp³-hybridized carbons (Fsp3) is 0.591. The number of likely N-dealkylation sites (tertiary alicyclic amines) is 1. The van der Waals surface area contributed by atoms with Gasteiger partial charge in [-0.2, -0.15) is 15.2 Å². The topological polar surface area (TPSA) is 56.2 Å². The van der Waals surface area contributed by atoms with Crippen molar-refractivity contribution < 1.29 is 9.59 Å². The van der Waals surface area contributed by atoms with Crippen LogP contribution in [0.15, 0.2) is 29.4 Å². The first kappa shape index (κ1) is 17.9. The minimum Gasteiger partial charge on any atom is -0.277 e. The molecule has 1 aliphatic carbocycles. The summed E-state index contributed by atoms with van der Waals surface area (Å²) < 4.78 is 0. The Morgan fingerprint density at radius 1 is 1.07 bits per heavy atom. The van der Waals surface area contributed by atoms with Gasteiger partial charge in [0.25, 0.3) is 0 Å². The SMILES string of the molecule is Cc1ccc(N2N=C3CCCC[C@@]34[C@@H]3C(=O)N(C(C)(C)C)C(=O)[C@@H]3CN24)cc1. The number of anilines is 1. The Morgan fingerprint density at radius 3 is 2.46 bits per heavy atom. The molecule has 1 aromatic carbocycles. The molecular formula is C22H28N4O2. The van der Waals surface area contributed by atoms with E-state index in [0.717, 1.165) is 37.1 Å². The highest BCUT2D eigenvalue weighted by molar-refractivity contribution is 6.12. The minimum atomic E-state index is -0.485. The van der Waals surface area contributed by atoms with Gasteiger partial charge in [-0.25, -0.2) is 0 Å². The summed E-state index contributed by atoms with van der Waals surface area (Å²) in [6.45, 7) is 8.47. The molecule has 0 unspecified atom stereocenters. The normalized spacial score (nSPS) is 32.5. The molecule has 0 radical (unpaired) electrons. The molecule has 6 heteroatoms. The number of hydrazone groups is 1. The molecule has 1 aromatic rings. The van der Waals surface area contributed by atoms with Crippen molar-refractivity contribution in [2.75, 3.05) is 11.7 Å². The van der Waals surface area contributed by atoms with Crippen molar-refractivity contribution in [3.05, 3.63) is 29.8 Å². The molecule has 6 nitrogen and oxygen atoms in total. The number of hydrogen-bond donors (Lipinski definition) is 0. The van der Waals surface area contributed by atoms with Crippen LogP contribution in [0.4, 0.5) is 5.69 Å². The number of aryl methyl sites for hydroxylation is 1. The lowest BCUT2D eigenvalue weighted by Crippen LogP contribution is -2.58. The zero-order valence-electron chi connectivity index (χ0n) is 17.1. The van der Waals surface area contributed by atoms with Crippen LogP contribution in [0.25, 0.3) is 0 Å². The van der Waals surface area contributed by atoms with Crippen molar-refractivity contribution in [3.8, 4) is 0 Å². The van der Waals surface area contributed by atoms with Gasteiger partial charge in [0.05, 0.1) is 28.8 Å². The van der Waals surface area contributed by atoms with E-state index in [0.29, 0.717) is 6.54 Å². The first-order valence-electron chi connectivity index (χ1n) is 10.4. The highest BCUT2D eigenvalue weighted by atomic mass is 16.2. The predicted molar refractivity (Wildman–Crippen MR) is 108 cm³/mol. The van der Waals surface area contributed by atoms with Crippen LogP contribution in [0.2, 0.25) is 0 Å². The van der Waals surface area contributed by atoms with E-state index in [9.17, 15) is 9.59 Å². The van der Waals surface area contributed by atoms with Crippen LogP contribution in [-0.4, -0.2) is 45.1 Å². The zero-order valence-corrected chi connectivity index (χ0v) is 17.1. The van der Waals surface area contributed by atoms with Crippen molar-refractivity contribution in [2.45, 2.75) is 64.5 Å². The molecule has 2 amide bonds. The Hall–Kier alpha value is -2.21. The number of carbonyl (C=O) groups is 2. The van der Waals surface area contributed by atoms with Gasteiger partial charge >= 0.3 is 0 Å². The van der Waals surface area contributed by atoms with Gasteiger partial charge in [0, 0.05) is 12.1 Å². The lowest BCUT2D eigenvalue weighted by atomic mass is 9.70. The molecule has 28 heavy (non-hydrogen) atoms. The largest absolute Gasteiger partial charge is 0.277 e. The second-order valence-electron chi connectivity index (χ2n) is 9.65. The molecule has 3 atom stereocenters. The van der Waals surface area contributed by atoms with E-state index in [1.54, 1.807) is 0 Å². The number of imide groups is 1. The van der Waals surface area contributed by atoms with E-state index in [1.807, 2.05) is 25.9 Å². The van der Waals surface area contributed by atoms with Crippen molar-refractivity contribution in [1.82, 2.24) is 9.91 Å². The fourth-order valence-electron chi connectivity index (χ4n) is 5.71. The quantitative estimate of drug-likeness (QED) is 0.703. The predicted octanol–water partition coefficient (Wildman–Crippen LogP) is 3.11. The standard InChI is InChI=1S/C22H28N4O2/c1-14-8-10-15(11-9-14)26-23-17-7-5-6-12-22(17)18-16(13-24(22)26)19(27)25(20(18)28)21(2,3)4/h8-11,16,18H,5-7,12-13H2,1-4H3/t16-,18+,22+/m1/s1. The number of rotatable bonds is 1. The number of hydrazine groups is 1.